The molecule has 212 valence electrons. The molecule has 5 rings (SSSR count). The second-order valence-electron chi connectivity index (χ2n) is 11.1. The van der Waals surface area contributed by atoms with Crippen LogP contribution in [0.1, 0.15) is 33.1 Å². The van der Waals surface area contributed by atoms with Crippen molar-refractivity contribution >= 4 is 46.0 Å². The van der Waals surface area contributed by atoms with Crippen molar-refractivity contribution in [2.45, 2.75) is 55.2 Å². The van der Waals surface area contributed by atoms with Crippen LogP contribution < -0.4 is 4.90 Å². The van der Waals surface area contributed by atoms with Gasteiger partial charge in [0.2, 0.25) is 5.91 Å². The van der Waals surface area contributed by atoms with Crippen molar-refractivity contribution in [2.24, 2.45) is 17.8 Å². The SMILES string of the molecule is C=CCCOC(=O)[C@@H]1[C@@H]2CC(C)C3(S2)C(C(=O)N(CC=C)c2ccc4ccccc4c2)N([C@@H](CC)CO)C(=O)[C@H]13. The summed E-state index contributed by atoms with van der Waals surface area (Å²) in [4.78, 5) is 45.8. The topological polar surface area (TPSA) is 87.2 Å². The Morgan fingerprint density at radius 2 is 1.98 bits per heavy atom. The molecule has 1 N–H and O–H groups in total. The summed E-state index contributed by atoms with van der Waals surface area (Å²) >= 11 is 1.61. The maximum Gasteiger partial charge on any atom is 0.310 e. The number of ether oxygens (including phenoxy) is 1. The number of esters is 1. The number of amides is 2. The molecule has 3 unspecified atom stereocenters. The maximum atomic E-state index is 14.8. The first-order valence-electron chi connectivity index (χ1n) is 14.1. The number of thioether (sulfide) groups is 1. The molecule has 40 heavy (non-hydrogen) atoms. The summed E-state index contributed by atoms with van der Waals surface area (Å²) in [6.45, 7) is 11.8. The summed E-state index contributed by atoms with van der Waals surface area (Å²) in [6, 6.07) is 12.5. The van der Waals surface area contributed by atoms with E-state index in [0.29, 0.717) is 12.8 Å². The van der Waals surface area contributed by atoms with Gasteiger partial charge in [-0.3, -0.25) is 14.4 Å². The van der Waals surface area contributed by atoms with Gasteiger partial charge < -0.3 is 19.6 Å². The van der Waals surface area contributed by atoms with Gasteiger partial charge in [-0.1, -0.05) is 56.3 Å². The first-order chi connectivity index (χ1) is 19.3. The predicted molar refractivity (Wildman–Crippen MR) is 159 cm³/mol. The smallest absolute Gasteiger partial charge is 0.310 e. The molecule has 0 aliphatic carbocycles. The highest BCUT2D eigenvalue weighted by atomic mass is 32.2. The van der Waals surface area contributed by atoms with E-state index >= 15 is 0 Å². The zero-order valence-corrected chi connectivity index (χ0v) is 24.0. The largest absolute Gasteiger partial charge is 0.465 e. The number of rotatable bonds is 11. The van der Waals surface area contributed by atoms with Gasteiger partial charge in [-0.15, -0.1) is 24.9 Å². The van der Waals surface area contributed by atoms with Gasteiger partial charge in [0.15, 0.2) is 0 Å². The molecule has 3 aliphatic rings. The molecule has 8 heteroatoms. The number of aliphatic hydroxyl groups excluding tert-OH is 1. The van der Waals surface area contributed by atoms with Crippen molar-refractivity contribution in [3.63, 3.8) is 0 Å². The number of aliphatic hydroxyl groups is 1. The van der Waals surface area contributed by atoms with Crippen LogP contribution in [-0.4, -0.2) is 69.6 Å². The molecule has 2 aromatic rings. The van der Waals surface area contributed by atoms with E-state index in [4.69, 9.17) is 4.74 Å². The van der Waals surface area contributed by atoms with Crippen molar-refractivity contribution in [1.29, 1.82) is 0 Å². The Morgan fingerprint density at radius 3 is 2.65 bits per heavy atom. The Morgan fingerprint density at radius 1 is 1.23 bits per heavy atom. The quantitative estimate of drug-likeness (QED) is 0.245. The Kier molecular flexibility index (Phi) is 8.11. The molecule has 0 radical (unpaired) electrons. The second-order valence-corrected chi connectivity index (χ2v) is 12.6. The van der Waals surface area contributed by atoms with Crippen LogP contribution in [0.3, 0.4) is 0 Å². The Bertz CT molecular complexity index is 1330. The first kappa shape index (κ1) is 28.4. The van der Waals surface area contributed by atoms with E-state index in [1.807, 2.05) is 49.4 Å². The first-order valence-corrected chi connectivity index (χ1v) is 15.0. The molecule has 7 nitrogen and oxygen atoms in total. The fourth-order valence-corrected chi connectivity index (χ4v) is 9.49. The van der Waals surface area contributed by atoms with Crippen molar-refractivity contribution < 1.29 is 24.2 Å². The number of nitrogens with zero attached hydrogens (tertiary/aromatic N) is 2. The van der Waals surface area contributed by atoms with Crippen LogP contribution in [0.15, 0.2) is 67.8 Å². The monoisotopic (exact) mass is 562 g/mol. The van der Waals surface area contributed by atoms with Crippen molar-refractivity contribution in [2.75, 3.05) is 24.7 Å². The van der Waals surface area contributed by atoms with Gasteiger partial charge in [0.1, 0.15) is 6.04 Å². The standard InChI is InChI=1S/C32H38N2O5S/c1-5-8-16-39-31(38)26-25-17-20(4)32(40-25)27(26)29(36)34(23(7-3)19-35)28(32)30(37)33(15-6-2)24-14-13-21-11-9-10-12-22(21)18-24/h5-6,9-14,18,20,23,25-28,35H,1-2,7-8,15-17,19H2,3-4H3/t20?,23-,25-,26+,27-,28?,32?/m0/s1. The summed E-state index contributed by atoms with van der Waals surface area (Å²) in [5.74, 6) is -2.11. The van der Waals surface area contributed by atoms with Gasteiger partial charge in [-0.25, -0.2) is 0 Å². The van der Waals surface area contributed by atoms with Gasteiger partial charge in [0, 0.05) is 17.5 Å². The minimum atomic E-state index is -0.829. The summed E-state index contributed by atoms with van der Waals surface area (Å²) in [5, 5.41) is 12.3. The molecule has 3 fully saturated rings. The number of carbonyl (C=O) groups is 3. The number of carbonyl (C=O) groups excluding carboxylic acids is 3. The second kappa shape index (κ2) is 11.4. The molecule has 7 atom stereocenters. The Hall–Kier alpha value is -3.10. The molecular weight excluding hydrogens is 524 g/mol. The van der Waals surface area contributed by atoms with E-state index in [2.05, 4.69) is 20.1 Å². The average molecular weight is 563 g/mol. The lowest BCUT2D eigenvalue weighted by atomic mass is 9.66. The molecule has 0 saturated carbocycles. The van der Waals surface area contributed by atoms with E-state index in [-0.39, 0.29) is 48.7 Å². The van der Waals surface area contributed by atoms with Crippen LogP contribution >= 0.6 is 11.8 Å². The van der Waals surface area contributed by atoms with E-state index in [9.17, 15) is 19.5 Å². The summed E-state index contributed by atoms with van der Waals surface area (Å²) in [6.07, 6.45) is 5.13. The summed E-state index contributed by atoms with van der Waals surface area (Å²) < 4.78 is 4.80. The number of likely N-dealkylation sites (tertiary alicyclic amines) is 1. The van der Waals surface area contributed by atoms with Gasteiger partial charge in [0.05, 0.1) is 35.8 Å². The minimum Gasteiger partial charge on any atom is -0.465 e. The fraction of sp³-hybridized carbons (Fsp3) is 0.469. The lowest BCUT2D eigenvalue weighted by Crippen LogP contribution is -2.59. The Balaban J connectivity index is 1.59. The normalized spacial score (nSPS) is 29.3. The zero-order chi connectivity index (χ0) is 28.6. The highest BCUT2D eigenvalue weighted by Crippen LogP contribution is 2.69. The number of benzene rings is 2. The fourth-order valence-electron chi connectivity index (χ4n) is 7.10. The molecule has 1 spiro atoms. The van der Waals surface area contributed by atoms with Crippen LogP contribution in [0.5, 0.6) is 0 Å². The predicted octanol–water partition coefficient (Wildman–Crippen LogP) is 4.59. The van der Waals surface area contributed by atoms with Crippen LogP contribution in [0, 0.1) is 17.8 Å². The van der Waals surface area contributed by atoms with E-state index < -0.39 is 28.7 Å². The molecule has 2 bridgehead atoms. The van der Waals surface area contributed by atoms with Crippen molar-refractivity contribution in [3.8, 4) is 0 Å². The third-order valence-electron chi connectivity index (χ3n) is 8.95. The number of hydrogen-bond acceptors (Lipinski definition) is 6. The van der Waals surface area contributed by atoms with Crippen LogP contribution in [-0.2, 0) is 19.1 Å². The Labute approximate surface area is 240 Å². The summed E-state index contributed by atoms with van der Waals surface area (Å²) in [5.41, 5.74) is 0.721. The lowest BCUT2D eigenvalue weighted by molar-refractivity contribution is -0.154. The maximum absolute atomic E-state index is 14.8. The minimum absolute atomic E-state index is 0.0195. The van der Waals surface area contributed by atoms with Crippen molar-refractivity contribution in [3.05, 3.63) is 67.8 Å². The van der Waals surface area contributed by atoms with Gasteiger partial charge >= 0.3 is 5.97 Å². The molecule has 2 aromatic carbocycles. The highest BCUT2D eigenvalue weighted by Gasteiger charge is 2.77. The third kappa shape index (κ3) is 4.36. The molecule has 3 heterocycles. The van der Waals surface area contributed by atoms with E-state index in [1.54, 1.807) is 33.7 Å². The average Bonchev–Trinajstić information content (AvgIpc) is 3.56. The zero-order valence-electron chi connectivity index (χ0n) is 23.2. The van der Waals surface area contributed by atoms with Crippen LogP contribution in [0.2, 0.25) is 0 Å². The van der Waals surface area contributed by atoms with Crippen LogP contribution in [0.25, 0.3) is 10.8 Å². The van der Waals surface area contributed by atoms with Crippen molar-refractivity contribution in [1.82, 2.24) is 4.90 Å². The van der Waals surface area contributed by atoms with Gasteiger partial charge in [-0.2, -0.15) is 0 Å². The summed E-state index contributed by atoms with van der Waals surface area (Å²) in [7, 11) is 0. The molecule has 3 saturated heterocycles. The van der Waals surface area contributed by atoms with Crippen LogP contribution in [0.4, 0.5) is 5.69 Å². The van der Waals surface area contributed by atoms with E-state index in [0.717, 1.165) is 22.9 Å². The van der Waals surface area contributed by atoms with Gasteiger partial charge in [0.25, 0.3) is 5.91 Å². The number of hydrogen-bond donors (Lipinski definition) is 1. The molecule has 0 aromatic heterocycles. The molecular formula is C32H38N2O5S. The highest BCUT2D eigenvalue weighted by molar-refractivity contribution is 8.02. The number of anilines is 1. The van der Waals surface area contributed by atoms with E-state index in [1.165, 1.54) is 0 Å². The molecule has 3 aliphatic heterocycles. The lowest BCUT2D eigenvalue weighted by Gasteiger charge is -2.42. The van der Waals surface area contributed by atoms with Gasteiger partial charge in [-0.05, 0) is 48.1 Å². The number of fused-ring (bicyclic) bond motifs is 2. The molecule has 2 amide bonds. The third-order valence-corrected chi connectivity index (χ3v) is 11.0.